The third kappa shape index (κ3) is 10.2. The topological polar surface area (TPSA) is 56.5 Å². The molecule has 0 saturated heterocycles. The average Bonchev–Trinajstić information content (AvgIpc) is 2.59. The van der Waals surface area contributed by atoms with Crippen molar-refractivity contribution in [2.24, 2.45) is 0 Å². The fourth-order valence-corrected chi connectivity index (χ4v) is 2.67. The van der Waals surface area contributed by atoms with Crippen LogP contribution < -0.4 is 5.63 Å². The van der Waals surface area contributed by atoms with Crippen molar-refractivity contribution in [3.05, 3.63) is 34.4 Å². The largest absolute Gasteiger partial charge is 0.462 e. The molecule has 24 heavy (non-hydrogen) atoms. The molecule has 4 nitrogen and oxygen atoms in total. The number of unbranched alkanes of at least 4 members (excludes halogenated alkanes) is 11. The molecule has 0 N–H and O–H groups in total. The molecule has 0 atom stereocenters. The summed E-state index contributed by atoms with van der Waals surface area (Å²) in [4.78, 5) is 22.5. The zero-order valence-electron chi connectivity index (χ0n) is 15.1. The van der Waals surface area contributed by atoms with Crippen LogP contribution in [0.15, 0.2) is 27.6 Å². The van der Waals surface area contributed by atoms with E-state index >= 15 is 0 Å². The van der Waals surface area contributed by atoms with E-state index in [1.807, 2.05) is 0 Å². The second kappa shape index (κ2) is 13.8. The molecule has 0 aliphatic rings. The number of esters is 1. The lowest BCUT2D eigenvalue weighted by Gasteiger charge is -2.05. The van der Waals surface area contributed by atoms with Crippen LogP contribution >= 0.6 is 0 Å². The summed E-state index contributed by atoms with van der Waals surface area (Å²) < 4.78 is 9.80. The maximum absolute atomic E-state index is 11.7. The van der Waals surface area contributed by atoms with Gasteiger partial charge in [-0.2, -0.15) is 0 Å². The minimum absolute atomic E-state index is 0.286. The highest BCUT2D eigenvalue weighted by atomic mass is 16.5. The van der Waals surface area contributed by atoms with E-state index in [-0.39, 0.29) is 5.56 Å². The first-order valence-electron chi connectivity index (χ1n) is 9.50. The second-order valence-electron chi connectivity index (χ2n) is 6.37. The number of carbonyl (C=O) groups is 1. The Morgan fingerprint density at radius 3 is 1.92 bits per heavy atom. The molecule has 1 heterocycles. The Bertz CT molecular complexity index is 472. The molecule has 0 fully saturated rings. The minimum atomic E-state index is -0.465. The van der Waals surface area contributed by atoms with E-state index < -0.39 is 11.6 Å². The lowest BCUT2D eigenvalue weighted by molar-refractivity contribution is 0.0494. The van der Waals surface area contributed by atoms with Gasteiger partial charge in [0.15, 0.2) is 0 Å². The zero-order chi connectivity index (χ0) is 17.5. The third-order valence-corrected chi connectivity index (χ3v) is 4.17. The fraction of sp³-hybridized carbons (Fsp3) is 0.700. The molecule has 0 aromatic carbocycles. The van der Waals surface area contributed by atoms with Gasteiger partial charge in [-0.3, -0.25) is 0 Å². The SMILES string of the molecule is CCCCCCCCCCCCCCOC(=O)c1ccc(=O)oc1. The zero-order valence-corrected chi connectivity index (χ0v) is 15.1. The highest BCUT2D eigenvalue weighted by Crippen LogP contribution is 2.12. The first kappa shape index (κ1) is 20.5. The molecular formula is C20H32O4. The standard InChI is InChI=1S/C20H32O4/c1-2-3-4-5-6-7-8-9-10-11-12-13-16-23-20(22)18-14-15-19(21)24-17-18/h14-15,17H,2-13,16H2,1H3. The van der Waals surface area contributed by atoms with Crippen LogP contribution in [0.25, 0.3) is 0 Å². The fourth-order valence-electron chi connectivity index (χ4n) is 2.67. The normalized spacial score (nSPS) is 10.7. The molecule has 0 aliphatic heterocycles. The third-order valence-electron chi connectivity index (χ3n) is 4.17. The van der Waals surface area contributed by atoms with Crippen molar-refractivity contribution >= 4 is 5.97 Å². The quantitative estimate of drug-likeness (QED) is 0.332. The molecular weight excluding hydrogens is 304 g/mol. The van der Waals surface area contributed by atoms with Crippen molar-refractivity contribution in [3.8, 4) is 0 Å². The van der Waals surface area contributed by atoms with Gasteiger partial charge in [0.25, 0.3) is 0 Å². The van der Waals surface area contributed by atoms with Gasteiger partial charge >= 0.3 is 11.6 Å². The van der Waals surface area contributed by atoms with Crippen molar-refractivity contribution < 1.29 is 13.9 Å². The monoisotopic (exact) mass is 336 g/mol. The Morgan fingerprint density at radius 2 is 1.42 bits per heavy atom. The summed E-state index contributed by atoms with van der Waals surface area (Å²) >= 11 is 0. The van der Waals surface area contributed by atoms with Crippen LogP contribution in [-0.4, -0.2) is 12.6 Å². The van der Waals surface area contributed by atoms with E-state index in [1.54, 1.807) is 0 Å². The lowest BCUT2D eigenvalue weighted by Crippen LogP contribution is -2.08. The van der Waals surface area contributed by atoms with Crippen molar-refractivity contribution in [3.63, 3.8) is 0 Å². The van der Waals surface area contributed by atoms with Crippen LogP contribution in [0.5, 0.6) is 0 Å². The molecule has 4 heteroatoms. The molecule has 0 bridgehead atoms. The summed E-state index contributed by atoms with van der Waals surface area (Å²) in [6.07, 6.45) is 16.5. The predicted molar refractivity (Wildman–Crippen MR) is 96.3 cm³/mol. The number of rotatable bonds is 14. The molecule has 1 aromatic heterocycles. The van der Waals surface area contributed by atoms with Crippen LogP contribution in [0.4, 0.5) is 0 Å². The molecule has 0 amide bonds. The summed E-state index contributed by atoms with van der Waals surface area (Å²) in [5.41, 5.74) is -0.180. The van der Waals surface area contributed by atoms with Crippen LogP contribution in [0.3, 0.4) is 0 Å². The molecule has 1 aromatic rings. The molecule has 0 radical (unpaired) electrons. The molecule has 0 saturated carbocycles. The van der Waals surface area contributed by atoms with Crippen molar-refractivity contribution in [1.29, 1.82) is 0 Å². The summed E-state index contributed by atoms with van der Waals surface area (Å²) in [5.74, 6) is -0.429. The Kier molecular flexibility index (Phi) is 11.8. The van der Waals surface area contributed by atoms with Gasteiger partial charge in [0.2, 0.25) is 0 Å². The number of ether oxygens (including phenoxy) is 1. The molecule has 0 unspecified atom stereocenters. The van der Waals surface area contributed by atoms with E-state index in [1.165, 1.54) is 76.3 Å². The first-order chi connectivity index (χ1) is 11.7. The van der Waals surface area contributed by atoms with E-state index in [2.05, 4.69) is 11.3 Å². The van der Waals surface area contributed by atoms with Crippen LogP contribution in [-0.2, 0) is 4.74 Å². The van der Waals surface area contributed by atoms with Crippen LogP contribution in [0.2, 0.25) is 0 Å². The summed E-state index contributed by atoms with van der Waals surface area (Å²) in [6, 6.07) is 2.65. The average molecular weight is 336 g/mol. The number of hydrogen-bond donors (Lipinski definition) is 0. The van der Waals surface area contributed by atoms with E-state index in [0.717, 1.165) is 19.1 Å². The van der Waals surface area contributed by atoms with Gasteiger partial charge in [-0.05, 0) is 12.5 Å². The Hall–Kier alpha value is -1.58. The number of carbonyl (C=O) groups excluding carboxylic acids is 1. The van der Waals surface area contributed by atoms with Gasteiger partial charge in [-0.25, -0.2) is 9.59 Å². The van der Waals surface area contributed by atoms with Crippen LogP contribution in [0.1, 0.15) is 94.3 Å². The van der Waals surface area contributed by atoms with Gasteiger partial charge in [0, 0.05) is 6.07 Å². The Morgan fingerprint density at radius 1 is 0.875 bits per heavy atom. The predicted octanol–water partition coefficient (Wildman–Crippen LogP) is 5.50. The second-order valence-corrected chi connectivity index (χ2v) is 6.37. The maximum atomic E-state index is 11.7. The van der Waals surface area contributed by atoms with Crippen molar-refractivity contribution in [2.75, 3.05) is 6.61 Å². The lowest BCUT2D eigenvalue weighted by atomic mass is 10.1. The smallest absolute Gasteiger partial charge is 0.341 e. The summed E-state index contributed by atoms with van der Waals surface area (Å²) in [7, 11) is 0. The molecule has 0 spiro atoms. The van der Waals surface area contributed by atoms with Crippen molar-refractivity contribution in [1.82, 2.24) is 0 Å². The maximum Gasteiger partial charge on any atom is 0.341 e. The first-order valence-corrected chi connectivity index (χ1v) is 9.50. The Labute approximate surface area is 145 Å². The van der Waals surface area contributed by atoms with Crippen LogP contribution in [0, 0.1) is 0 Å². The summed E-state index contributed by atoms with van der Waals surface area (Å²) in [5, 5.41) is 0. The highest BCUT2D eigenvalue weighted by molar-refractivity contribution is 5.88. The Balaban J connectivity index is 1.87. The van der Waals surface area contributed by atoms with Gasteiger partial charge in [0.1, 0.15) is 6.26 Å². The minimum Gasteiger partial charge on any atom is -0.462 e. The molecule has 1 rings (SSSR count). The van der Waals surface area contributed by atoms with Gasteiger partial charge in [-0.15, -0.1) is 0 Å². The van der Waals surface area contributed by atoms with E-state index in [4.69, 9.17) is 4.74 Å². The molecule has 0 aliphatic carbocycles. The van der Waals surface area contributed by atoms with Gasteiger partial charge < -0.3 is 9.15 Å². The van der Waals surface area contributed by atoms with Crippen molar-refractivity contribution in [2.45, 2.75) is 84.0 Å². The highest BCUT2D eigenvalue weighted by Gasteiger charge is 2.07. The van der Waals surface area contributed by atoms with Gasteiger partial charge in [0.05, 0.1) is 12.2 Å². The summed E-state index contributed by atoms with van der Waals surface area (Å²) in [6.45, 7) is 2.68. The van der Waals surface area contributed by atoms with E-state index in [0.29, 0.717) is 6.61 Å². The molecule has 136 valence electrons. The number of hydrogen-bond acceptors (Lipinski definition) is 4. The van der Waals surface area contributed by atoms with Gasteiger partial charge in [-0.1, -0.05) is 77.6 Å². The van der Waals surface area contributed by atoms with E-state index in [9.17, 15) is 9.59 Å².